The Labute approximate surface area is 156 Å². The van der Waals surface area contributed by atoms with Crippen LogP contribution in [-0.4, -0.2) is 11.2 Å². The summed E-state index contributed by atoms with van der Waals surface area (Å²) < 4.78 is 0. The third kappa shape index (κ3) is 5.10. The summed E-state index contributed by atoms with van der Waals surface area (Å²) in [6.45, 7) is 12.4. The molecule has 0 aliphatic rings. The highest BCUT2D eigenvalue weighted by molar-refractivity contribution is 7.80. The average molecular weight is 351 g/mol. The lowest BCUT2D eigenvalue weighted by Crippen LogP contribution is -2.27. The monoisotopic (exact) mass is 350 g/mol. The first-order valence-corrected chi connectivity index (χ1v) is 9.02. The van der Waals surface area contributed by atoms with E-state index in [2.05, 4.69) is 55.0 Å². The van der Waals surface area contributed by atoms with E-state index in [1.54, 1.807) is 0 Å². The van der Waals surface area contributed by atoms with Crippen molar-refractivity contribution in [1.29, 1.82) is 0 Å². The highest BCUT2D eigenvalue weighted by Crippen LogP contribution is 2.15. The maximum absolute atomic E-state index is 5.14. The molecule has 0 saturated carbocycles. The molecule has 2 aromatic rings. The van der Waals surface area contributed by atoms with Gasteiger partial charge in [-0.25, -0.2) is 0 Å². The number of aryl methyl sites for hydroxylation is 2. The van der Waals surface area contributed by atoms with Gasteiger partial charge in [0.15, 0.2) is 0 Å². The van der Waals surface area contributed by atoms with E-state index >= 15 is 0 Å². The summed E-state index contributed by atoms with van der Waals surface area (Å²) in [4.78, 5) is 5.41. The van der Waals surface area contributed by atoms with Gasteiger partial charge in [-0.3, -0.25) is 4.99 Å². The van der Waals surface area contributed by atoms with Crippen LogP contribution >= 0.6 is 12.2 Å². The summed E-state index contributed by atoms with van der Waals surface area (Å²) in [7, 11) is 0. The van der Waals surface area contributed by atoms with E-state index < -0.39 is 0 Å². The van der Waals surface area contributed by atoms with Gasteiger partial charge in [-0.1, -0.05) is 43.9 Å². The second-order valence-corrected chi connectivity index (χ2v) is 6.79. The van der Waals surface area contributed by atoms with Crippen molar-refractivity contribution in [3.63, 3.8) is 0 Å². The van der Waals surface area contributed by atoms with Gasteiger partial charge < -0.3 is 5.32 Å². The van der Waals surface area contributed by atoms with Gasteiger partial charge in [0, 0.05) is 23.5 Å². The summed E-state index contributed by atoms with van der Waals surface area (Å²) in [5, 5.41) is 5.36. The lowest BCUT2D eigenvalue weighted by molar-refractivity contribution is 1.09. The van der Waals surface area contributed by atoms with Crippen molar-refractivity contribution in [2.75, 3.05) is 5.32 Å². The molecule has 0 unspecified atom stereocenters. The Morgan fingerprint density at radius 1 is 1.28 bits per heavy atom. The number of hydrogen-bond acceptors (Lipinski definition) is 2. The van der Waals surface area contributed by atoms with Crippen molar-refractivity contribution in [1.82, 2.24) is 0 Å². The van der Waals surface area contributed by atoms with Crippen LogP contribution in [0.3, 0.4) is 0 Å². The van der Waals surface area contributed by atoms with Crippen LogP contribution in [0, 0.1) is 6.92 Å². The zero-order valence-corrected chi connectivity index (χ0v) is 16.3. The van der Waals surface area contributed by atoms with E-state index in [4.69, 9.17) is 12.2 Å². The standard InChI is InChI=1S/C22H26N2S/c1-6-19-14-21(16(4)11-15(19)3)22(23-7-2)13-18-9-8-10-20(12-18)24-17(5)25/h7-12,14H,4,6,13H2,1-3,5H3,(H,24,25)/b22-21-,23-7-. The normalized spacial score (nSPS) is 12.3. The van der Waals surface area contributed by atoms with Crippen molar-refractivity contribution in [2.45, 2.75) is 40.5 Å². The Morgan fingerprint density at radius 3 is 2.68 bits per heavy atom. The molecule has 0 aromatic heterocycles. The number of benzene rings is 2. The fourth-order valence-corrected chi connectivity index (χ4v) is 3.10. The molecule has 0 saturated heterocycles. The van der Waals surface area contributed by atoms with Crippen molar-refractivity contribution in [2.24, 2.45) is 4.99 Å². The Morgan fingerprint density at radius 2 is 2.04 bits per heavy atom. The Hall–Kier alpha value is -2.26. The van der Waals surface area contributed by atoms with Crippen LogP contribution in [0.4, 0.5) is 5.69 Å². The topological polar surface area (TPSA) is 24.4 Å². The molecule has 0 aliphatic carbocycles. The number of hydrogen-bond donors (Lipinski definition) is 1. The van der Waals surface area contributed by atoms with Gasteiger partial charge >= 0.3 is 0 Å². The van der Waals surface area contributed by atoms with E-state index in [1.165, 1.54) is 16.7 Å². The third-order valence-corrected chi connectivity index (χ3v) is 4.26. The quantitative estimate of drug-likeness (QED) is 0.646. The molecule has 0 heterocycles. The fraction of sp³-hybridized carbons (Fsp3) is 0.273. The van der Waals surface area contributed by atoms with E-state index in [-0.39, 0.29) is 0 Å². The predicted octanol–water partition coefficient (Wildman–Crippen LogP) is 4.17. The molecule has 2 rings (SSSR count). The molecule has 0 amide bonds. The summed E-state index contributed by atoms with van der Waals surface area (Å²) >= 11 is 5.14. The molecule has 0 atom stereocenters. The van der Waals surface area contributed by atoms with Gasteiger partial charge in [0.1, 0.15) is 0 Å². The molecule has 25 heavy (non-hydrogen) atoms. The first-order valence-electron chi connectivity index (χ1n) is 8.61. The molecule has 0 fully saturated rings. The van der Waals surface area contributed by atoms with Crippen LogP contribution in [-0.2, 0) is 12.8 Å². The SMILES string of the molecule is C=c1cc(C)c(CC)c/c1=C(Cc1cccc(NC(C)=S)c1)/N=C\C. The molecule has 0 radical (unpaired) electrons. The predicted molar refractivity (Wildman–Crippen MR) is 115 cm³/mol. The average Bonchev–Trinajstić information content (AvgIpc) is 2.54. The zero-order valence-electron chi connectivity index (χ0n) is 15.5. The lowest BCUT2D eigenvalue weighted by atomic mass is 10.0. The summed E-state index contributed by atoms with van der Waals surface area (Å²) in [6, 6.07) is 12.7. The molecule has 1 N–H and O–H groups in total. The van der Waals surface area contributed by atoms with Crippen molar-refractivity contribution in [3.8, 4) is 0 Å². The number of rotatable bonds is 5. The van der Waals surface area contributed by atoms with Gasteiger partial charge in [0.2, 0.25) is 0 Å². The van der Waals surface area contributed by atoms with Crippen LogP contribution < -0.4 is 15.8 Å². The molecule has 0 spiro atoms. The number of thiocarbonyl (C=S) groups is 1. The molecule has 0 bridgehead atoms. The molecular weight excluding hydrogens is 324 g/mol. The minimum absolute atomic E-state index is 0.755. The zero-order chi connectivity index (χ0) is 18.4. The molecule has 130 valence electrons. The summed E-state index contributed by atoms with van der Waals surface area (Å²) in [5.74, 6) is 0. The van der Waals surface area contributed by atoms with Gasteiger partial charge in [0.25, 0.3) is 0 Å². The second kappa shape index (κ2) is 8.72. The molecule has 2 aromatic carbocycles. The Bertz CT molecular complexity index is 910. The van der Waals surface area contributed by atoms with Crippen molar-refractivity contribution in [3.05, 3.63) is 63.5 Å². The lowest BCUT2D eigenvalue weighted by Gasteiger charge is -2.09. The highest BCUT2D eigenvalue weighted by Gasteiger charge is 2.04. The van der Waals surface area contributed by atoms with E-state index in [1.807, 2.05) is 32.2 Å². The minimum atomic E-state index is 0.755. The Balaban J connectivity index is 2.53. The van der Waals surface area contributed by atoms with Gasteiger partial charge in [-0.15, -0.1) is 0 Å². The van der Waals surface area contributed by atoms with E-state index in [9.17, 15) is 0 Å². The summed E-state index contributed by atoms with van der Waals surface area (Å²) in [6.07, 6.45) is 3.62. The maximum Gasteiger partial charge on any atom is 0.0765 e. The molecule has 3 heteroatoms. The van der Waals surface area contributed by atoms with Crippen LogP contribution in [0.2, 0.25) is 0 Å². The number of nitrogens with zero attached hydrogens (tertiary/aromatic N) is 1. The minimum Gasteiger partial charge on any atom is -0.350 e. The van der Waals surface area contributed by atoms with E-state index in [0.29, 0.717) is 0 Å². The van der Waals surface area contributed by atoms with Gasteiger partial charge in [0.05, 0.1) is 10.7 Å². The van der Waals surface area contributed by atoms with Crippen LogP contribution in [0.1, 0.15) is 37.5 Å². The Kier molecular flexibility index (Phi) is 6.65. The largest absolute Gasteiger partial charge is 0.350 e. The van der Waals surface area contributed by atoms with Gasteiger partial charge in [-0.05, 0) is 67.3 Å². The van der Waals surface area contributed by atoms with Crippen molar-refractivity contribution < 1.29 is 0 Å². The first-order chi connectivity index (χ1) is 11.9. The van der Waals surface area contributed by atoms with E-state index in [0.717, 1.165) is 39.7 Å². The van der Waals surface area contributed by atoms with Gasteiger partial charge in [-0.2, -0.15) is 0 Å². The fourth-order valence-electron chi connectivity index (χ4n) is 2.98. The maximum atomic E-state index is 5.14. The molecule has 0 aliphatic heterocycles. The number of anilines is 1. The highest BCUT2D eigenvalue weighted by atomic mass is 32.1. The second-order valence-electron chi connectivity index (χ2n) is 6.18. The summed E-state index contributed by atoms with van der Waals surface area (Å²) in [5.41, 5.74) is 5.88. The van der Waals surface area contributed by atoms with Crippen LogP contribution in [0.15, 0.2) is 41.4 Å². The third-order valence-electron chi connectivity index (χ3n) is 4.16. The van der Waals surface area contributed by atoms with Crippen LogP contribution in [0.5, 0.6) is 0 Å². The number of aliphatic imine (C=N–C) groups is 1. The number of nitrogens with one attached hydrogen (secondary N) is 1. The molecule has 2 nitrogen and oxygen atoms in total. The van der Waals surface area contributed by atoms with Crippen LogP contribution in [0.25, 0.3) is 12.3 Å². The van der Waals surface area contributed by atoms with Crippen molar-refractivity contribution >= 4 is 41.4 Å². The molecular formula is C22H26N2S. The first kappa shape index (κ1) is 19.1. The smallest absolute Gasteiger partial charge is 0.0765 e.